The monoisotopic (exact) mass is 845 g/mol. The van der Waals surface area contributed by atoms with Crippen molar-refractivity contribution in [3.8, 4) is 0 Å². The van der Waals surface area contributed by atoms with E-state index in [0.29, 0.717) is 168 Å². The maximum Gasteiger partial charge on any atom is 0.265 e. The molecule has 0 radical (unpaired) electrons. The van der Waals surface area contributed by atoms with Gasteiger partial charge in [0.1, 0.15) is 6.29 Å². The van der Waals surface area contributed by atoms with E-state index >= 15 is 0 Å². The van der Waals surface area contributed by atoms with Gasteiger partial charge in [-0.25, -0.2) is 0 Å². The highest BCUT2D eigenvalue weighted by Gasteiger charge is 2.17. The van der Waals surface area contributed by atoms with E-state index in [0.717, 1.165) is 32.1 Å². The predicted molar refractivity (Wildman–Crippen MR) is 211 cm³/mol. The third kappa shape index (κ3) is 44.6. The Hall–Kier alpha value is -2.37. The van der Waals surface area contributed by atoms with E-state index in [1.54, 1.807) is 0 Å². The molecular weight excluding hydrogens is 772 g/mol. The third-order valence-corrected chi connectivity index (χ3v) is 8.77. The van der Waals surface area contributed by atoms with E-state index in [9.17, 15) is 27.6 Å². The summed E-state index contributed by atoms with van der Waals surface area (Å²) in [5.74, 6) is -0.437. The van der Waals surface area contributed by atoms with Gasteiger partial charge in [-0.15, -0.1) is 0 Å². The highest BCUT2D eigenvalue weighted by Crippen LogP contribution is 2.05. The van der Waals surface area contributed by atoms with Gasteiger partial charge >= 0.3 is 0 Å². The summed E-state index contributed by atoms with van der Waals surface area (Å²) in [5, 5.41) is 8.34. The molecule has 0 saturated carbocycles. The van der Waals surface area contributed by atoms with Gasteiger partial charge in [-0.3, -0.25) is 18.9 Å². The lowest BCUT2D eigenvalue weighted by Crippen LogP contribution is -2.42. The number of unbranched alkanes of at least 4 members (excludes halogenated alkanes) is 2. The molecule has 0 saturated heterocycles. The van der Waals surface area contributed by atoms with E-state index in [1.807, 2.05) is 14.1 Å². The van der Waals surface area contributed by atoms with Crippen LogP contribution in [0.1, 0.15) is 57.8 Å². The van der Waals surface area contributed by atoms with E-state index in [-0.39, 0.29) is 29.9 Å². The highest BCUT2D eigenvalue weighted by molar-refractivity contribution is 7.85. The molecule has 0 rings (SSSR count). The SMILES string of the molecule is C[N+](C)(CCCC(=O)NCCOCCOCCOCCOCCOCCOCCOCCOCCC(=O)NCCCCCC(=O)NCCC=O)CCCS(=O)(=O)O. The van der Waals surface area contributed by atoms with Crippen LogP contribution in [0.25, 0.3) is 0 Å². The summed E-state index contributed by atoms with van der Waals surface area (Å²) in [6.45, 7) is 9.48. The Bertz CT molecular complexity index is 1100. The van der Waals surface area contributed by atoms with Crippen molar-refractivity contribution in [2.75, 3.05) is 158 Å². The zero-order valence-corrected chi connectivity index (χ0v) is 35.3. The number of carbonyl (C=O) groups excluding carboxylic acids is 4. The minimum absolute atomic E-state index is 0.0547. The maximum atomic E-state index is 12.0. The van der Waals surface area contributed by atoms with Crippen LogP contribution in [0.2, 0.25) is 0 Å². The molecule has 20 heteroatoms. The van der Waals surface area contributed by atoms with Crippen LogP contribution in [0, 0.1) is 0 Å². The molecule has 0 fully saturated rings. The lowest BCUT2D eigenvalue weighted by atomic mass is 10.2. The van der Waals surface area contributed by atoms with Gasteiger partial charge in [0.2, 0.25) is 17.7 Å². The molecule has 3 amide bonds. The molecule has 0 atom stereocenters. The van der Waals surface area contributed by atoms with E-state index in [1.165, 1.54) is 0 Å². The minimum atomic E-state index is -3.94. The van der Waals surface area contributed by atoms with Crippen LogP contribution in [0.4, 0.5) is 0 Å². The molecule has 0 aliphatic carbocycles. The van der Waals surface area contributed by atoms with Crippen LogP contribution < -0.4 is 16.0 Å². The fourth-order valence-corrected chi connectivity index (χ4v) is 5.37. The van der Waals surface area contributed by atoms with Gasteiger partial charge in [0.05, 0.1) is 139 Å². The molecule has 0 aliphatic rings. The van der Waals surface area contributed by atoms with E-state index in [2.05, 4.69) is 16.0 Å². The molecular formula is C37H73N4O15S+. The Labute approximate surface area is 340 Å². The molecule has 4 N–H and O–H groups in total. The summed E-state index contributed by atoms with van der Waals surface area (Å²) >= 11 is 0. The van der Waals surface area contributed by atoms with Gasteiger partial charge < -0.3 is 63.1 Å². The number of hydrogen-bond donors (Lipinski definition) is 4. The number of rotatable bonds is 44. The van der Waals surface area contributed by atoms with Gasteiger partial charge in [-0.05, 0) is 12.8 Å². The molecule has 0 heterocycles. The van der Waals surface area contributed by atoms with Gasteiger partial charge in [-0.2, -0.15) is 8.42 Å². The van der Waals surface area contributed by atoms with Crippen molar-refractivity contribution in [3.63, 3.8) is 0 Å². The topological polar surface area (TPSA) is 233 Å². The molecule has 336 valence electrons. The fourth-order valence-electron chi connectivity index (χ4n) is 4.87. The molecule has 0 aromatic rings. The third-order valence-electron chi connectivity index (χ3n) is 7.97. The second kappa shape index (κ2) is 39.1. The minimum Gasteiger partial charge on any atom is -0.379 e. The van der Waals surface area contributed by atoms with E-state index < -0.39 is 10.1 Å². The van der Waals surface area contributed by atoms with Crippen molar-refractivity contribution >= 4 is 34.1 Å². The molecule has 0 aromatic heterocycles. The van der Waals surface area contributed by atoms with Crippen LogP contribution >= 0.6 is 0 Å². The van der Waals surface area contributed by atoms with Crippen LogP contribution in [-0.2, 0) is 67.2 Å². The van der Waals surface area contributed by atoms with Crippen molar-refractivity contribution in [2.24, 2.45) is 0 Å². The molecule has 0 unspecified atom stereocenters. The van der Waals surface area contributed by atoms with Crippen LogP contribution in [0.15, 0.2) is 0 Å². The maximum absolute atomic E-state index is 12.0. The van der Waals surface area contributed by atoms with Crippen molar-refractivity contribution in [3.05, 3.63) is 0 Å². The zero-order chi connectivity index (χ0) is 42.1. The Kier molecular flexibility index (Phi) is 37.5. The smallest absolute Gasteiger partial charge is 0.265 e. The number of amides is 3. The summed E-state index contributed by atoms with van der Waals surface area (Å²) in [6.07, 6.45) is 5.60. The molecule has 57 heavy (non-hydrogen) atoms. The average Bonchev–Trinajstić information content (AvgIpc) is 3.15. The predicted octanol–water partition coefficient (Wildman–Crippen LogP) is 0.142. The van der Waals surface area contributed by atoms with Crippen LogP contribution in [0.5, 0.6) is 0 Å². The van der Waals surface area contributed by atoms with E-state index in [4.69, 9.17) is 42.4 Å². The average molecular weight is 846 g/mol. The summed E-state index contributed by atoms with van der Waals surface area (Å²) < 4.78 is 74.8. The van der Waals surface area contributed by atoms with Crippen LogP contribution in [-0.4, -0.2) is 200 Å². The summed E-state index contributed by atoms with van der Waals surface area (Å²) in [5.41, 5.74) is 0. The summed E-state index contributed by atoms with van der Waals surface area (Å²) in [6, 6.07) is 0. The van der Waals surface area contributed by atoms with Crippen LogP contribution in [0.3, 0.4) is 0 Å². The quantitative estimate of drug-likeness (QED) is 0.0277. The van der Waals surface area contributed by atoms with Crippen molar-refractivity contribution in [1.82, 2.24) is 16.0 Å². The Morgan fingerprint density at radius 1 is 0.491 bits per heavy atom. The summed E-state index contributed by atoms with van der Waals surface area (Å²) in [4.78, 5) is 45.6. The lowest BCUT2D eigenvalue weighted by Gasteiger charge is -2.29. The normalized spacial score (nSPS) is 11.8. The zero-order valence-electron chi connectivity index (χ0n) is 34.5. The number of quaternary nitrogens is 1. The number of nitrogens with one attached hydrogen (secondary N) is 3. The van der Waals surface area contributed by atoms with Crippen molar-refractivity contribution < 1.29 is 74.5 Å². The second-order valence-corrected chi connectivity index (χ2v) is 15.2. The molecule has 0 aliphatic heterocycles. The number of nitrogens with zero attached hydrogens (tertiary/aromatic N) is 1. The first-order valence-electron chi connectivity index (χ1n) is 20.1. The van der Waals surface area contributed by atoms with Gasteiger partial charge in [0, 0.05) is 58.2 Å². The standard InChI is InChI=1S/C37H72N4O15S/c1-41(2,16-8-34-57(46,47)48)15-6-10-36(44)40-14-19-50-21-23-52-25-27-54-29-31-56-33-32-55-30-28-53-26-24-51-22-20-49-18-11-37(45)38-12-5-3-4-9-35(43)39-13-7-17-42/h17H,3-16,18-34H2,1-2H3,(H3-,38,39,40,43,44,45,46,47,48)/p+1. The van der Waals surface area contributed by atoms with Crippen molar-refractivity contribution in [1.29, 1.82) is 0 Å². The Morgan fingerprint density at radius 3 is 1.35 bits per heavy atom. The highest BCUT2D eigenvalue weighted by atomic mass is 32.2. The lowest BCUT2D eigenvalue weighted by molar-refractivity contribution is -0.890. The second-order valence-electron chi connectivity index (χ2n) is 13.6. The van der Waals surface area contributed by atoms with Gasteiger partial charge in [0.15, 0.2) is 0 Å². The molecule has 0 bridgehead atoms. The first kappa shape index (κ1) is 54.6. The molecule has 19 nitrogen and oxygen atoms in total. The first-order chi connectivity index (χ1) is 27.4. The van der Waals surface area contributed by atoms with Crippen molar-refractivity contribution in [2.45, 2.75) is 57.8 Å². The Morgan fingerprint density at radius 2 is 0.877 bits per heavy atom. The number of aldehydes is 1. The summed E-state index contributed by atoms with van der Waals surface area (Å²) in [7, 11) is -0.00878. The fraction of sp³-hybridized carbons (Fsp3) is 0.892. The number of hydrogen-bond acceptors (Lipinski definition) is 14. The molecule has 0 spiro atoms. The Balaban J connectivity index is 3.29. The van der Waals surface area contributed by atoms with Gasteiger partial charge in [-0.1, -0.05) is 6.42 Å². The number of carbonyl (C=O) groups is 4. The van der Waals surface area contributed by atoms with Gasteiger partial charge in [0.25, 0.3) is 10.1 Å². The largest absolute Gasteiger partial charge is 0.379 e. The molecule has 0 aromatic carbocycles. The first-order valence-corrected chi connectivity index (χ1v) is 21.7. The number of ether oxygens (including phenoxy) is 8.